The SMILES string of the molecule is CCCCC(CC)Cc1cc(O)cc(Cl)c1Cl. The number of hydrogen-bond acceptors (Lipinski definition) is 1. The quantitative estimate of drug-likeness (QED) is 0.731. The number of aromatic hydroxyl groups is 1. The van der Waals surface area contributed by atoms with Crippen LogP contribution in [0.2, 0.25) is 10.0 Å². The van der Waals surface area contributed by atoms with Crippen molar-refractivity contribution in [3.63, 3.8) is 0 Å². The van der Waals surface area contributed by atoms with Crippen molar-refractivity contribution in [3.05, 3.63) is 27.7 Å². The number of phenolic OH excluding ortho intramolecular Hbond substituents is 1. The van der Waals surface area contributed by atoms with Crippen LogP contribution in [0, 0.1) is 5.92 Å². The van der Waals surface area contributed by atoms with Crippen LogP contribution in [0.4, 0.5) is 0 Å². The second kappa shape index (κ2) is 7.13. The van der Waals surface area contributed by atoms with Crippen molar-refractivity contribution in [2.24, 2.45) is 5.92 Å². The smallest absolute Gasteiger partial charge is 0.117 e. The molecule has 0 spiro atoms. The van der Waals surface area contributed by atoms with Crippen LogP contribution in [-0.4, -0.2) is 5.11 Å². The van der Waals surface area contributed by atoms with E-state index in [1.807, 2.05) is 0 Å². The number of benzene rings is 1. The van der Waals surface area contributed by atoms with E-state index in [2.05, 4.69) is 13.8 Å². The third-order valence-corrected chi connectivity index (χ3v) is 3.98. The van der Waals surface area contributed by atoms with Gasteiger partial charge in [0.2, 0.25) is 0 Å². The summed E-state index contributed by atoms with van der Waals surface area (Å²) in [5, 5.41) is 10.6. The van der Waals surface area contributed by atoms with Crippen LogP contribution in [0.15, 0.2) is 12.1 Å². The zero-order chi connectivity index (χ0) is 12.8. The maximum atomic E-state index is 9.54. The maximum Gasteiger partial charge on any atom is 0.117 e. The summed E-state index contributed by atoms with van der Waals surface area (Å²) in [7, 11) is 0. The monoisotopic (exact) mass is 274 g/mol. The molecule has 0 radical (unpaired) electrons. The highest BCUT2D eigenvalue weighted by Gasteiger charge is 2.12. The molecule has 0 aliphatic heterocycles. The molecule has 0 saturated heterocycles. The van der Waals surface area contributed by atoms with Gasteiger partial charge in [-0.1, -0.05) is 62.7 Å². The second-order valence-corrected chi connectivity index (χ2v) is 5.31. The first-order valence-corrected chi connectivity index (χ1v) is 7.00. The summed E-state index contributed by atoms with van der Waals surface area (Å²) in [4.78, 5) is 0. The Labute approximate surface area is 114 Å². The molecule has 0 aromatic heterocycles. The van der Waals surface area contributed by atoms with Gasteiger partial charge in [0.05, 0.1) is 10.0 Å². The Morgan fingerprint density at radius 1 is 1.24 bits per heavy atom. The lowest BCUT2D eigenvalue weighted by molar-refractivity contribution is 0.445. The lowest BCUT2D eigenvalue weighted by atomic mass is 9.92. The molecule has 17 heavy (non-hydrogen) atoms. The van der Waals surface area contributed by atoms with E-state index in [1.165, 1.54) is 25.3 Å². The zero-order valence-corrected chi connectivity index (χ0v) is 12.0. The van der Waals surface area contributed by atoms with Crippen molar-refractivity contribution in [2.75, 3.05) is 0 Å². The minimum absolute atomic E-state index is 0.194. The average molecular weight is 275 g/mol. The lowest BCUT2D eigenvalue weighted by Crippen LogP contribution is -2.04. The van der Waals surface area contributed by atoms with E-state index in [4.69, 9.17) is 23.2 Å². The van der Waals surface area contributed by atoms with Crippen LogP contribution >= 0.6 is 23.2 Å². The van der Waals surface area contributed by atoms with E-state index in [-0.39, 0.29) is 5.75 Å². The molecule has 0 fully saturated rings. The molecule has 1 N–H and O–H groups in total. The molecule has 1 nitrogen and oxygen atoms in total. The Morgan fingerprint density at radius 3 is 2.53 bits per heavy atom. The van der Waals surface area contributed by atoms with Gasteiger partial charge >= 0.3 is 0 Å². The van der Waals surface area contributed by atoms with Gasteiger partial charge in [0.25, 0.3) is 0 Å². The summed E-state index contributed by atoms with van der Waals surface area (Å²) >= 11 is 12.1. The fraction of sp³-hybridized carbons (Fsp3) is 0.571. The molecule has 1 aromatic carbocycles. The van der Waals surface area contributed by atoms with Crippen LogP contribution in [0.25, 0.3) is 0 Å². The molecule has 1 aromatic rings. The number of halogens is 2. The topological polar surface area (TPSA) is 20.2 Å². The third kappa shape index (κ3) is 4.40. The molecule has 0 heterocycles. The number of hydrogen-bond donors (Lipinski definition) is 1. The first kappa shape index (κ1) is 14.7. The van der Waals surface area contributed by atoms with Gasteiger partial charge in [0.1, 0.15) is 5.75 Å². The summed E-state index contributed by atoms with van der Waals surface area (Å²) in [5.74, 6) is 0.810. The highest BCUT2D eigenvalue weighted by Crippen LogP contribution is 2.33. The van der Waals surface area contributed by atoms with Crippen LogP contribution in [0.3, 0.4) is 0 Å². The number of rotatable bonds is 6. The molecule has 0 bridgehead atoms. The highest BCUT2D eigenvalue weighted by molar-refractivity contribution is 6.42. The summed E-state index contributed by atoms with van der Waals surface area (Å²) in [6.07, 6.45) is 5.68. The van der Waals surface area contributed by atoms with Gasteiger partial charge in [-0.05, 0) is 24.0 Å². The Balaban J connectivity index is 2.78. The van der Waals surface area contributed by atoms with E-state index in [0.29, 0.717) is 16.0 Å². The third-order valence-electron chi connectivity index (χ3n) is 3.14. The van der Waals surface area contributed by atoms with E-state index >= 15 is 0 Å². The molecule has 96 valence electrons. The molecule has 0 aliphatic carbocycles. The van der Waals surface area contributed by atoms with Gasteiger partial charge in [0.15, 0.2) is 0 Å². The first-order valence-electron chi connectivity index (χ1n) is 6.25. The lowest BCUT2D eigenvalue weighted by Gasteiger charge is -2.16. The van der Waals surface area contributed by atoms with Gasteiger partial charge in [-0.15, -0.1) is 0 Å². The van der Waals surface area contributed by atoms with Crippen molar-refractivity contribution >= 4 is 23.2 Å². The predicted molar refractivity (Wildman–Crippen MR) is 75.1 cm³/mol. The molecule has 0 saturated carbocycles. The second-order valence-electron chi connectivity index (χ2n) is 4.52. The van der Waals surface area contributed by atoms with E-state index < -0.39 is 0 Å². The molecule has 3 heteroatoms. The Kier molecular flexibility index (Phi) is 6.15. The molecule has 0 aliphatic rings. The van der Waals surface area contributed by atoms with Crippen LogP contribution < -0.4 is 0 Å². The summed E-state index contributed by atoms with van der Waals surface area (Å²) < 4.78 is 0. The van der Waals surface area contributed by atoms with Crippen molar-refractivity contribution in [2.45, 2.75) is 46.0 Å². The van der Waals surface area contributed by atoms with Crippen molar-refractivity contribution in [1.82, 2.24) is 0 Å². The molecule has 1 rings (SSSR count). The number of unbranched alkanes of at least 4 members (excludes halogenated alkanes) is 1. The van der Waals surface area contributed by atoms with Gasteiger partial charge < -0.3 is 5.11 Å². The minimum atomic E-state index is 0.194. The normalized spacial score (nSPS) is 12.7. The van der Waals surface area contributed by atoms with Crippen molar-refractivity contribution in [1.29, 1.82) is 0 Å². The summed E-state index contributed by atoms with van der Waals surface area (Å²) in [6, 6.07) is 3.21. The standard InChI is InChI=1S/C14H20Cl2O/c1-3-5-6-10(4-2)7-11-8-12(17)9-13(15)14(11)16/h8-10,17H,3-7H2,1-2H3. The van der Waals surface area contributed by atoms with Gasteiger partial charge in [0, 0.05) is 6.07 Å². The largest absolute Gasteiger partial charge is 0.508 e. The average Bonchev–Trinajstić information content (AvgIpc) is 2.30. The molecular formula is C14H20Cl2O. The van der Waals surface area contributed by atoms with E-state index in [1.54, 1.807) is 6.07 Å². The molecular weight excluding hydrogens is 255 g/mol. The molecule has 0 amide bonds. The first-order chi connectivity index (χ1) is 8.08. The number of phenols is 1. The summed E-state index contributed by atoms with van der Waals surface area (Å²) in [5.41, 5.74) is 0.958. The van der Waals surface area contributed by atoms with E-state index in [0.717, 1.165) is 18.4 Å². The zero-order valence-electron chi connectivity index (χ0n) is 10.5. The Hall–Kier alpha value is -0.400. The van der Waals surface area contributed by atoms with Crippen molar-refractivity contribution < 1.29 is 5.11 Å². The minimum Gasteiger partial charge on any atom is -0.508 e. The maximum absolute atomic E-state index is 9.54. The van der Waals surface area contributed by atoms with Gasteiger partial charge in [-0.3, -0.25) is 0 Å². The fourth-order valence-electron chi connectivity index (χ4n) is 2.03. The van der Waals surface area contributed by atoms with E-state index in [9.17, 15) is 5.11 Å². The Bertz CT molecular complexity index is 363. The summed E-state index contributed by atoms with van der Waals surface area (Å²) in [6.45, 7) is 4.39. The highest BCUT2D eigenvalue weighted by atomic mass is 35.5. The van der Waals surface area contributed by atoms with Crippen LogP contribution in [0.1, 0.15) is 45.1 Å². The molecule has 1 atom stereocenters. The fourth-order valence-corrected chi connectivity index (χ4v) is 2.45. The predicted octanol–water partition coefficient (Wildman–Crippen LogP) is 5.46. The van der Waals surface area contributed by atoms with Crippen LogP contribution in [-0.2, 0) is 6.42 Å². The molecule has 1 unspecified atom stereocenters. The van der Waals surface area contributed by atoms with Crippen molar-refractivity contribution in [3.8, 4) is 5.75 Å². The van der Waals surface area contributed by atoms with Gasteiger partial charge in [-0.2, -0.15) is 0 Å². The van der Waals surface area contributed by atoms with Gasteiger partial charge in [-0.25, -0.2) is 0 Å². The Morgan fingerprint density at radius 2 is 1.94 bits per heavy atom. The van der Waals surface area contributed by atoms with Crippen LogP contribution in [0.5, 0.6) is 5.75 Å².